The second-order valence-electron chi connectivity index (χ2n) is 9.15. The molecule has 4 heterocycles. The van der Waals surface area contributed by atoms with E-state index in [9.17, 15) is 18.0 Å². The Balaban J connectivity index is 1.41. The van der Waals surface area contributed by atoms with Gasteiger partial charge in [-0.2, -0.15) is 5.10 Å². The number of aryl methyl sites for hydroxylation is 1. The third kappa shape index (κ3) is 3.48. The molecular weight excluding hydrogens is 455 g/mol. The molecule has 9 heteroatoms. The third-order valence-electron chi connectivity index (χ3n) is 7.13. The molecule has 2 unspecified atom stereocenters. The molecule has 2 bridgehead atoms. The predicted octanol–water partition coefficient (Wildman–Crippen LogP) is 5.40. The number of hydrogen-bond donors (Lipinski definition) is 0. The van der Waals surface area contributed by atoms with Crippen LogP contribution in [0.2, 0.25) is 0 Å². The molecule has 2 aromatic heterocycles. The minimum absolute atomic E-state index is 0.0377. The molecule has 6 nitrogen and oxygen atoms in total. The number of rotatable bonds is 3. The van der Waals surface area contributed by atoms with Crippen LogP contribution in [0.3, 0.4) is 0 Å². The van der Waals surface area contributed by atoms with Crippen molar-refractivity contribution in [3.05, 3.63) is 77.0 Å². The predicted molar refractivity (Wildman–Crippen MR) is 123 cm³/mol. The molecule has 6 rings (SSSR count). The lowest BCUT2D eigenvalue weighted by atomic mass is 9.81. The first-order chi connectivity index (χ1) is 16.9. The summed E-state index contributed by atoms with van der Waals surface area (Å²) in [5, 5.41) is 4.74. The van der Waals surface area contributed by atoms with E-state index in [1.807, 2.05) is 4.90 Å². The molecule has 0 aliphatic carbocycles. The van der Waals surface area contributed by atoms with Gasteiger partial charge in [-0.3, -0.25) is 19.4 Å². The summed E-state index contributed by atoms with van der Waals surface area (Å²) in [4.78, 5) is 24.2. The summed E-state index contributed by atoms with van der Waals surface area (Å²) in [5.41, 5.74) is 4.25. The van der Waals surface area contributed by atoms with Gasteiger partial charge in [0.1, 0.15) is 5.82 Å². The number of hydrogen-bond acceptors (Lipinski definition) is 4. The fourth-order valence-corrected chi connectivity index (χ4v) is 5.61. The Morgan fingerprint density at radius 1 is 1.06 bits per heavy atom. The standard InChI is InChI=1S/C26H22F3N5O/c1-33-24(14-5-7-19(27)17(11-14)25(28)29)18-13-16-3-2-4-22(23(18)32-33)34(16)26(35)15-6-8-20-21(12-15)31-10-9-30-20/h5-12,16,22,25H,2-4,13H2,1H3. The number of alkyl halides is 2. The Hall–Kier alpha value is -3.75. The highest BCUT2D eigenvalue weighted by Gasteiger charge is 2.43. The molecule has 1 saturated heterocycles. The van der Waals surface area contributed by atoms with Crippen LogP contribution in [0.4, 0.5) is 13.2 Å². The number of carbonyl (C=O) groups is 1. The second kappa shape index (κ2) is 8.18. The fourth-order valence-electron chi connectivity index (χ4n) is 5.61. The second-order valence-corrected chi connectivity index (χ2v) is 9.15. The maximum Gasteiger partial charge on any atom is 0.266 e. The average Bonchev–Trinajstić information content (AvgIpc) is 3.18. The van der Waals surface area contributed by atoms with Crippen molar-refractivity contribution in [2.75, 3.05) is 0 Å². The summed E-state index contributed by atoms with van der Waals surface area (Å²) in [7, 11) is 1.76. The van der Waals surface area contributed by atoms with Gasteiger partial charge in [-0.15, -0.1) is 0 Å². The van der Waals surface area contributed by atoms with Gasteiger partial charge in [0, 0.05) is 42.2 Å². The highest BCUT2D eigenvalue weighted by atomic mass is 19.3. The van der Waals surface area contributed by atoms with E-state index in [0.717, 1.165) is 42.1 Å². The van der Waals surface area contributed by atoms with Crippen LogP contribution in [0.5, 0.6) is 0 Å². The Kier molecular flexibility index (Phi) is 5.09. The lowest BCUT2D eigenvalue weighted by Gasteiger charge is -2.45. The lowest BCUT2D eigenvalue weighted by molar-refractivity contribution is 0.0392. The lowest BCUT2D eigenvalue weighted by Crippen LogP contribution is -2.49. The Labute approximate surface area is 199 Å². The zero-order chi connectivity index (χ0) is 24.3. The molecule has 35 heavy (non-hydrogen) atoms. The minimum Gasteiger partial charge on any atom is -0.327 e. The third-order valence-corrected chi connectivity index (χ3v) is 7.13. The van der Waals surface area contributed by atoms with Gasteiger partial charge in [0.2, 0.25) is 0 Å². The van der Waals surface area contributed by atoms with Crippen molar-refractivity contribution in [3.63, 3.8) is 0 Å². The van der Waals surface area contributed by atoms with E-state index in [4.69, 9.17) is 5.10 Å². The quantitative estimate of drug-likeness (QED) is 0.396. The fraction of sp³-hybridized carbons (Fsp3) is 0.308. The van der Waals surface area contributed by atoms with Crippen molar-refractivity contribution in [2.45, 2.75) is 44.2 Å². The van der Waals surface area contributed by atoms with E-state index in [1.54, 1.807) is 42.3 Å². The summed E-state index contributed by atoms with van der Waals surface area (Å²) in [6.45, 7) is 0. The van der Waals surface area contributed by atoms with Gasteiger partial charge in [0.05, 0.1) is 34.0 Å². The number of halogens is 3. The van der Waals surface area contributed by atoms with E-state index in [1.165, 1.54) is 12.1 Å². The van der Waals surface area contributed by atoms with Crippen LogP contribution in [0.25, 0.3) is 22.3 Å². The van der Waals surface area contributed by atoms with Gasteiger partial charge >= 0.3 is 0 Å². The average molecular weight is 477 g/mol. The van der Waals surface area contributed by atoms with Crippen LogP contribution in [0.1, 0.15) is 58.9 Å². The number of aromatic nitrogens is 4. The van der Waals surface area contributed by atoms with Gasteiger partial charge in [0.15, 0.2) is 0 Å². The highest BCUT2D eigenvalue weighted by Crippen LogP contribution is 2.45. The number of piperidine rings is 1. The molecular formula is C26H22F3N5O. The van der Waals surface area contributed by atoms with Crippen LogP contribution < -0.4 is 0 Å². The molecule has 0 N–H and O–H groups in total. The Morgan fingerprint density at radius 2 is 1.86 bits per heavy atom. The Morgan fingerprint density at radius 3 is 2.66 bits per heavy atom. The van der Waals surface area contributed by atoms with Crippen LogP contribution >= 0.6 is 0 Å². The summed E-state index contributed by atoms with van der Waals surface area (Å²) in [5.74, 6) is -1.000. The molecule has 0 saturated carbocycles. The van der Waals surface area contributed by atoms with Crippen LogP contribution in [-0.2, 0) is 13.5 Å². The first kappa shape index (κ1) is 21.8. The normalized spacial score (nSPS) is 19.3. The van der Waals surface area contributed by atoms with E-state index < -0.39 is 17.8 Å². The largest absolute Gasteiger partial charge is 0.327 e. The molecule has 2 aliphatic rings. The highest BCUT2D eigenvalue weighted by molar-refractivity contribution is 5.98. The molecule has 1 amide bonds. The summed E-state index contributed by atoms with van der Waals surface area (Å²) in [6.07, 6.45) is 3.46. The van der Waals surface area contributed by atoms with Crippen LogP contribution in [-0.4, -0.2) is 36.6 Å². The molecule has 178 valence electrons. The topological polar surface area (TPSA) is 63.9 Å². The van der Waals surface area contributed by atoms with Crippen LogP contribution in [0.15, 0.2) is 48.8 Å². The van der Waals surface area contributed by atoms with E-state index >= 15 is 0 Å². The van der Waals surface area contributed by atoms with Crippen molar-refractivity contribution >= 4 is 16.9 Å². The molecule has 0 spiro atoms. The van der Waals surface area contributed by atoms with Crippen molar-refractivity contribution in [1.29, 1.82) is 0 Å². The van der Waals surface area contributed by atoms with E-state index in [-0.39, 0.29) is 18.0 Å². The summed E-state index contributed by atoms with van der Waals surface area (Å²) >= 11 is 0. The van der Waals surface area contributed by atoms with Crippen molar-refractivity contribution < 1.29 is 18.0 Å². The van der Waals surface area contributed by atoms with Gasteiger partial charge in [-0.25, -0.2) is 13.2 Å². The molecule has 4 aromatic rings. The van der Waals surface area contributed by atoms with Crippen molar-refractivity contribution in [2.24, 2.45) is 7.05 Å². The molecule has 1 fully saturated rings. The van der Waals surface area contributed by atoms with Gasteiger partial charge in [0.25, 0.3) is 12.3 Å². The summed E-state index contributed by atoms with van der Waals surface area (Å²) in [6, 6.07) is 8.90. The number of benzene rings is 2. The zero-order valence-electron chi connectivity index (χ0n) is 19.0. The van der Waals surface area contributed by atoms with E-state index in [0.29, 0.717) is 28.8 Å². The minimum atomic E-state index is -2.90. The van der Waals surface area contributed by atoms with Crippen molar-refractivity contribution in [1.82, 2.24) is 24.6 Å². The first-order valence-corrected chi connectivity index (χ1v) is 11.6. The number of carbonyl (C=O) groups excluding carboxylic acids is 1. The maximum absolute atomic E-state index is 13.9. The first-order valence-electron chi connectivity index (χ1n) is 11.6. The smallest absolute Gasteiger partial charge is 0.266 e. The van der Waals surface area contributed by atoms with E-state index in [2.05, 4.69) is 9.97 Å². The van der Waals surface area contributed by atoms with Gasteiger partial charge in [-0.05, 0) is 62.1 Å². The summed E-state index contributed by atoms with van der Waals surface area (Å²) < 4.78 is 42.3. The SMILES string of the molecule is Cn1nc2c(c1-c1ccc(F)c(C(F)F)c1)CC1CCCC2N1C(=O)c1ccc2nccnc2c1. The van der Waals surface area contributed by atoms with Crippen molar-refractivity contribution in [3.8, 4) is 11.3 Å². The number of amides is 1. The number of fused-ring (bicyclic) bond motifs is 5. The molecule has 2 atom stereocenters. The number of nitrogens with zero attached hydrogens (tertiary/aromatic N) is 5. The van der Waals surface area contributed by atoms with Gasteiger partial charge in [-0.1, -0.05) is 0 Å². The molecule has 2 aliphatic heterocycles. The molecule has 2 aromatic carbocycles. The van der Waals surface area contributed by atoms with Crippen LogP contribution in [0, 0.1) is 5.82 Å². The molecule has 0 radical (unpaired) electrons. The maximum atomic E-state index is 13.9. The monoisotopic (exact) mass is 477 g/mol. The Bertz CT molecular complexity index is 1470. The zero-order valence-corrected chi connectivity index (χ0v) is 19.0. The van der Waals surface area contributed by atoms with Gasteiger partial charge < -0.3 is 4.90 Å².